The molecule has 17 heavy (non-hydrogen) atoms. The smallest absolute Gasteiger partial charge is 0.280 e. The van der Waals surface area contributed by atoms with E-state index in [0.717, 1.165) is 0 Å². The molecule has 0 N–H and O–H groups in total. The van der Waals surface area contributed by atoms with Gasteiger partial charge in [0, 0.05) is 5.39 Å². The highest BCUT2D eigenvalue weighted by Crippen LogP contribution is 2.32. The molecule has 2 aromatic rings. The Morgan fingerprint density at radius 3 is 2.82 bits per heavy atom. The van der Waals surface area contributed by atoms with Crippen LogP contribution in [0.1, 0.15) is 19.0 Å². The molecule has 0 bridgehead atoms. The molecule has 1 aromatic heterocycles. The summed E-state index contributed by atoms with van der Waals surface area (Å²) in [4.78, 5) is 3.89. The minimum atomic E-state index is -2.65. The van der Waals surface area contributed by atoms with Crippen LogP contribution in [-0.4, -0.2) is 11.6 Å². The van der Waals surface area contributed by atoms with Crippen LogP contribution in [0.2, 0.25) is 5.02 Å². The number of nitrogens with zero attached hydrogens (tertiary/aromatic N) is 1. The van der Waals surface area contributed by atoms with Crippen LogP contribution in [0.5, 0.6) is 5.75 Å². The third-order valence-corrected chi connectivity index (χ3v) is 2.61. The number of benzene rings is 1. The maximum Gasteiger partial charge on any atom is 0.280 e. The molecule has 5 heteroatoms. The lowest BCUT2D eigenvalue weighted by Gasteiger charge is -2.09. The Labute approximate surface area is 102 Å². The number of halogens is 3. The van der Waals surface area contributed by atoms with Crippen LogP contribution in [0.3, 0.4) is 0 Å². The Kier molecular flexibility index (Phi) is 3.43. The van der Waals surface area contributed by atoms with Gasteiger partial charge in [-0.1, -0.05) is 23.7 Å². The first-order valence-electron chi connectivity index (χ1n) is 5.13. The van der Waals surface area contributed by atoms with Gasteiger partial charge in [0.25, 0.3) is 6.43 Å². The van der Waals surface area contributed by atoms with Gasteiger partial charge in [-0.15, -0.1) is 0 Å². The van der Waals surface area contributed by atoms with Crippen molar-refractivity contribution in [3.63, 3.8) is 0 Å². The highest BCUT2D eigenvalue weighted by Gasteiger charge is 2.14. The van der Waals surface area contributed by atoms with Gasteiger partial charge < -0.3 is 4.74 Å². The van der Waals surface area contributed by atoms with Crippen LogP contribution in [0.25, 0.3) is 10.9 Å². The lowest BCUT2D eigenvalue weighted by atomic mass is 10.2. The molecule has 0 radical (unpaired) electrons. The molecule has 0 aliphatic rings. The van der Waals surface area contributed by atoms with E-state index in [4.69, 9.17) is 16.3 Å². The van der Waals surface area contributed by atoms with Crippen molar-refractivity contribution < 1.29 is 13.5 Å². The van der Waals surface area contributed by atoms with Gasteiger partial charge in [-0.2, -0.15) is 0 Å². The van der Waals surface area contributed by atoms with Crippen molar-refractivity contribution in [2.75, 3.05) is 6.61 Å². The summed E-state index contributed by atoms with van der Waals surface area (Å²) in [5.41, 5.74) is 0.0341. The summed E-state index contributed by atoms with van der Waals surface area (Å²) < 4.78 is 30.6. The average Bonchev–Trinajstić information content (AvgIpc) is 2.30. The Hall–Kier alpha value is -1.42. The van der Waals surface area contributed by atoms with Gasteiger partial charge in [-0.3, -0.25) is 0 Å². The van der Waals surface area contributed by atoms with Gasteiger partial charge in [0.1, 0.15) is 17.0 Å². The van der Waals surface area contributed by atoms with E-state index in [1.54, 1.807) is 18.2 Å². The second kappa shape index (κ2) is 4.84. The van der Waals surface area contributed by atoms with Crippen molar-refractivity contribution in [3.05, 3.63) is 35.0 Å². The van der Waals surface area contributed by atoms with Crippen molar-refractivity contribution >= 4 is 22.5 Å². The van der Waals surface area contributed by atoms with Gasteiger partial charge in [0.05, 0.1) is 11.6 Å². The fraction of sp³-hybridized carbons (Fsp3) is 0.250. The maximum atomic E-state index is 12.6. The molecule has 2 rings (SSSR count). The lowest BCUT2D eigenvalue weighted by molar-refractivity contribution is 0.146. The summed E-state index contributed by atoms with van der Waals surface area (Å²) in [6.45, 7) is 2.26. The minimum Gasteiger partial charge on any atom is -0.492 e. The molecular weight excluding hydrogens is 248 g/mol. The molecule has 2 nitrogen and oxygen atoms in total. The Bertz CT molecular complexity index is 545. The Morgan fingerprint density at radius 2 is 2.18 bits per heavy atom. The molecule has 90 valence electrons. The van der Waals surface area contributed by atoms with Crippen LogP contribution >= 0.6 is 11.6 Å². The number of pyridine rings is 1. The molecule has 0 saturated carbocycles. The predicted molar refractivity (Wildman–Crippen MR) is 62.9 cm³/mol. The zero-order chi connectivity index (χ0) is 12.4. The highest BCUT2D eigenvalue weighted by atomic mass is 35.5. The largest absolute Gasteiger partial charge is 0.492 e. The van der Waals surface area contributed by atoms with Crippen molar-refractivity contribution in [2.24, 2.45) is 0 Å². The molecule has 0 atom stereocenters. The molecule has 0 saturated heterocycles. The van der Waals surface area contributed by atoms with Crippen LogP contribution in [0.15, 0.2) is 24.3 Å². The summed E-state index contributed by atoms with van der Waals surface area (Å²) in [6, 6.07) is 6.35. The molecular formula is C12H10ClF2NO. The van der Waals surface area contributed by atoms with Gasteiger partial charge in [0.2, 0.25) is 0 Å². The van der Waals surface area contributed by atoms with Crippen molar-refractivity contribution in [1.29, 1.82) is 0 Å². The minimum absolute atomic E-state index is 0.256. The van der Waals surface area contributed by atoms with E-state index in [0.29, 0.717) is 23.3 Å². The quantitative estimate of drug-likeness (QED) is 0.821. The van der Waals surface area contributed by atoms with Gasteiger partial charge in [-0.05, 0) is 19.1 Å². The van der Waals surface area contributed by atoms with E-state index in [1.807, 2.05) is 6.92 Å². The summed E-state index contributed by atoms with van der Waals surface area (Å²) in [7, 11) is 0. The standard InChI is InChI=1S/C12H10ClF2NO/c1-2-17-10-5-3-4-7-8(13)6-9(12(14)15)16-11(7)10/h3-6,12H,2H2,1H3. The molecule has 1 aromatic carbocycles. The van der Waals surface area contributed by atoms with Crippen LogP contribution in [-0.2, 0) is 0 Å². The van der Waals surface area contributed by atoms with Crippen LogP contribution in [0.4, 0.5) is 8.78 Å². The van der Waals surface area contributed by atoms with Gasteiger partial charge in [0.15, 0.2) is 0 Å². The van der Waals surface area contributed by atoms with Crippen molar-refractivity contribution in [1.82, 2.24) is 4.98 Å². The second-order valence-corrected chi connectivity index (χ2v) is 3.82. The van der Waals surface area contributed by atoms with E-state index in [9.17, 15) is 8.78 Å². The fourth-order valence-corrected chi connectivity index (χ4v) is 1.85. The molecule has 0 spiro atoms. The fourth-order valence-electron chi connectivity index (χ4n) is 1.58. The molecule has 0 aliphatic carbocycles. The molecule has 0 aliphatic heterocycles. The predicted octanol–water partition coefficient (Wildman–Crippen LogP) is 4.22. The third kappa shape index (κ3) is 2.31. The number of hydrogen-bond acceptors (Lipinski definition) is 2. The SMILES string of the molecule is CCOc1cccc2c(Cl)cc(C(F)F)nc12. The summed E-state index contributed by atoms with van der Waals surface area (Å²) in [5, 5.41) is 0.869. The maximum absolute atomic E-state index is 12.6. The molecule has 0 unspecified atom stereocenters. The van der Waals surface area contributed by atoms with Crippen molar-refractivity contribution in [2.45, 2.75) is 13.3 Å². The average molecular weight is 258 g/mol. The van der Waals surface area contributed by atoms with E-state index < -0.39 is 6.43 Å². The highest BCUT2D eigenvalue weighted by molar-refractivity contribution is 6.35. The number of alkyl halides is 2. The molecule has 1 heterocycles. The van der Waals surface area contributed by atoms with Crippen LogP contribution in [0, 0.1) is 0 Å². The molecule has 0 fully saturated rings. The number of aromatic nitrogens is 1. The zero-order valence-electron chi connectivity index (χ0n) is 9.08. The Morgan fingerprint density at radius 1 is 1.41 bits per heavy atom. The van der Waals surface area contributed by atoms with E-state index in [2.05, 4.69) is 4.98 Å². The summed E-state index contributed by atoms with van der Waals surface area (Å²) >= 11 is 5.95. The Balaban J connectivity index is 2.69. The first-order chi connectivity index (χ1) is 8.13. The van der Waals surface area contributed by atoms with Crippen molar-refractivity contribution in [3.8, 4) is 5.75 Å². The lowest BCUT2D eigenvalue weighted by Crippen LogP contribution is -1.97. The number of para-hydroxylation sites is 1. The monoisotopic (exact) mass is 257 g/mol. The normalized spacial score (nSPS) is 11.1. The third-order valence-electron chi connectivity index (χ3n) is 2.30. The molecule has 0 amide bonds. The van der Waals surface area contributed by atoms with E-state index in [1.165, 1.54) is 6.07 Å². The summed E-state index contributed by atoms with van der Waals surface area (Å²) in [5.74, 6) is 0.467. The summed E-state index contributed by atoms with van der Waals surface area (Å²) in [6.07, 6.45) is -2.65. The van der Waals surface area contributed by atoms with E-state index >= 15 is 0 Å². The number of fused-ring (bicyclic) bond motifs is 1. The van der Waals surface area contributed by atoms with E-state index in [-0.39, 0.29) is 10.7 Å². The first-order valence-corrected chi connectivity index (χ1v) is 5.51. The first kappa shape index (κ1) is 12.0. The zero-order valence-corrected chi connectivity index (χ0v) is 9.84. The second-order valence-electron chi connectivity index (χ2n) is 3.41. The van der Waals surface area contributed by atoms with Gasteiger partial charge in [-0.25, -0.2) is 13.8 Å². The van der Waals surface area contributed by atoms with Gasteiger partial charge >= 0.3 is 0 Å². The number of rotatable bonds is 3. The number of ether oxygens (including phenoxy) is 1. The topological polar surface area (TPSA) is 22.1 Å². The van der Waals surface area contributed by atoms with Crippen LogP contribution < -0.4 is 4.74 Å². The number of hydrogen-bond donors (Lipinski definition) is 0.